The Kier molecular flexibility index (Phi) is 4.77. The Bertz CT molecular complexity index is 356. The van der Waals surface area contributed by atoms with E-state index in [9.17, 15) is 0 Å². The summed E-state index contributed by atoms with van der Waals surface area (Å²) in [5.74, 6) is 0. The van der Waals surface area contributed by atoms with E-state index in [1.807, 2.05) is 0 Å². The summed E-state index contributed by atoms with van der Waals surface area (Å²) < 4.78 is 0. The van der Waals surface area contributed by atoms with Gasteiger partial charge in [-0.3, -0.25) is 4.90 Å². The SMILES string of the molecule is NCCCC1=CCCN(Cc2ccccc2)C1. The first kappa shape index (κ1) is 12.3. The van der Waals surface area contributed by atoms with Gasteiger partial charge in [0.25, 0.3) is 0 Å². The number of nitrogens with zero attached hydrogens (tertiary/aromatic N) is 1. The van der Waals surface area contributed by atoms with Gasteiger partial charge in [0.15, 0.2) is 0 Å². The molecule has 1 aromatic carbocycles. The van der Waals surface area contributed by atoms with Crippen LogP contribution >= 0.6 is 0 Å². The average molecular weight is 230 g/mol. The molecule has 1 aliphatic rings. The zero-order valence-corrected chi connectivity index (χ0v) is 10.4. The highest BCUT2D eigenvalue weighted by Crippen LogP contribution is 2.16. The van der Waals surface area contributed by atoms with Crippen LogP contribution in [0.2, 0.25) is 0 Å². The van der Waals surface area contributed by atoms with Crippen LogP contribution in [0.25, 0.3) is 0 Å². The molecule has 2 N–H and O–H groups in total. The second kappa shape index (κ2) is 6.58. The van der Waals surface area contributed by atoms with E-state index in [4.69, 9.17) is 5.73 Å². The lowest BCUT2D eigenvalue weighted by atomic mass is 10.0. The van der Waals surface area contributed by atoms with Crippen molar-refractivity contribution in [1.29, 1.82) is 0 Å². The smallest absolute Gasteiger partial charge is 0.0237 e. The summed E-state index contributed by atoms with van der Waals surface area (Å²) in [7, 11) is 0. The van der Waals surface area contributed by atoms with Gasteiger partial charge < -0.3 is 5.73 Å². The topological polar surface area (TPSA) is 29.3 Å². The summed E-state index contributed by atoms with van der Waals surface area (Å²) in [6.07, 6.45) is 5.87. The summed E-state index contributed by atoms with van der Waals surface area (Å²) >= 11 is 0. The number of rotatable bonds is 5. The first-order valence-electron chi connectivity index (χ1n) is 6.53. The van der Waals surface area contributed by atoms with Crippen LogP contribution in [-0.4, -0.2) is 24.5 Å². The van der Waals surface area contributed by atoms with Gasteiger partial charge in [-0.25, -0.2) is 0 Å². The van der Waals surface area contributed by atoms with Gasteiger partial charge in [-0.2, -0.15) is 0 Å². The molecule has 0 aromatic heterocycles. The van der Waals surface area contributed by atoms with E-state index in [0.29, 0.717) is 0 Å². The standard InChI is InChI=1S/C15H22N2/c16-10-4-8-15-9-5-11-17(13-15)12-14-6-2-1-3-7-14/h1-3,6-7,9H,4-5,8,10-13,16H2. The van der Waals surface area contributed by atoms with Crippen LogP contribution < -0.4 is 5.73 Å². The van der Waals surface area contributed by atoms with Crippen LogP contribution in [0.5, 0.6) is 0 Å². The lowest BCUT2D eigenvalue weighted by Gasteiger charge is -2.27. The van der Waals surface area contributed by atoms with Gasteiger partial charge in [0, 0.05) is 19.6 Å². The van der Waals surface area contributed by atoms with Gasteiger partial charge in [-0.15, -0.1) is 0 Å². The van der Waals surface area contributed by atoms with Crippen molar-refractivity contribution in [2.45, 2.75) is 25.8 Å². The molecule has 2 nitrogen and oxygen atoms in total. The highest BCUT2D eigenvalue weighted by molar-refractivity contribution is 5.16. The number of benzene rings is 1. The zero-order chi connectivity index (χ0) is 11.9. The number of nitrogens with two attached hydrogens (primary N) is 1. The molecule has 0 saturated heterocycles. The summed E-state index contributed by atoms with van der Waals surface area (Å²) in [6.45, 7) is 4.17. The molecule has 0 radical (unpaired) electrons. The molecule has 1 aliphatic heterocycles. The third-order valence-corrected chi connectivity index (χ3v) is 3.26. The van der Waals surface area contributed by atoms with Crippen molar-refractivity contribution in [3.05, 3.63) is 47.5 Å². The Hall–Kier alpha value is -1.12. The molecule has 0 amide bonds. The van der Waals surface area contributed by atoms with E-state index in [1.54, 1.807) is 5.57 Å². The predicted octanol–water partition coefficient (Wildman–Crippen LogP) is 2.56. The van der Waals surface area contributed by atoms with E-state index in [1.165, 1.54) is 24.9 Å². The highest BCUT2D eigenvalue weighted by atomic mass is 15.1. The van der Waals surface area contributed by atoms with Crippen molar-refractivity contribution in [2.24, 2.45) is 5.73 Å². The Morgan fingerprint density at radius 3 is 2.76 bits per heavy atom. The molecule has 1 heterocycles. The lowest BCUT2D eigenvalue weighted by molar-refractivity contribution is 0.278. The molecule has 0 unspecified atom stereocenters. The van der Waals surface area contributed by atoms with Crippen LogP contribution in [0.4, 0.5) is 0 Å². The van der Waals surface area contributed by atoms with Gasteiger partial charge in [-0.05, 0) is 31.4 Å². The Labute approximate surface area is 104 Å². The summed E-state index contributed by atoms with van der Waals surface area (Å²) in [6, 6.07) is 10.7. The summed E-state index contributed by atoms with van der Waals surface area (Å²) in [4.78, 5) is 2.53. The average Bonchev–Trinajstić information content (AvgIpc) is 2.38. The van der Waals surface area contributed by atoms with Gasteiger partial charge in [0.1, 0.15) is 0 Å². The molecule has 0 spiro atoms. The van der Waals surface area contributed by atoms with Crippen LogP contribution in [0.3, 0.4) is 0 Å². The molecule has 0 bridgehead atoms. The molecular formula is C15H22N2. The monoisotopic (exact) mass is 230 g/mol. The van der Waals surface area contributed by atoms with E-state index >= 15 is 0 Å². The quantitative estimate of drug-likeness (QED) is 0.788. The molecule has 2 rings (SSSR count). The van der Waals surface area contributed by atoms with Crippen molar-refractivity contribution < 1.29 is 0 Å². The van der Waals surface area contributed by atoms with Crippen molar-refractivity contribution in [3.63, 3.8) is 0 Å². The van der Waals surface area contributed by atoms with E-state index in [0.717, 1.165) is 26.1 Å². The Morgan fingerprint density at radius 1 is 1.18 bits per heavy atom. The minimum atomic E-state index is 0.802. The highest BCUT2D eigenvalue weighted by Gasteiger charge is 2.12. The van der Waals surface area contributed by atoms with Crippen molar-refractivity contribution >= 4 is 0 Å². The minimum Gasteiger partial charge on any atom is -0.330 e. The fourth-order valence-electron chi connectivity index (χ4n) is 2.37. The van der Waals surface area contributed by atoms with Crippen molar-refractivity contribution in [3.8, 4) is 0 Å². The second-order valence-electron chi connectivity index (χ2n) is 4.74. The van der Waals surface area contributed by atoms with Crippen LogP contribution in [0, 0.1) is 0 Å². The lowest BCUT2D eigenvalue weighted by Crippen LogP contribution is -2.29. The van der Waals surface area contributed by atoms with Crippen LogP contribution in [0.15, 0.2) is 42.0 Å². The fourth-order valence-corrected chi connectivity index (χ4v) is 2.37. The maximum atomic E-state index is 5.56. The normalized spacial score (nSPS) is 16.9. The van der Waals surface area contributed by atoms with E-state index in [2.05, 4.69) is 41.3 Å². The fraction of sp³-hybridized carbons (Fsp3) is 0.467. The minimum absolute atomic E-state index is 0.802. The van der Waals surface area contributed by atoms with E-state index < -0.39 is 0 Å². The Balaban J connectivity index is 1.85. The molecule has 92 valence electrons. The first-order chi connectivity index (χ1) is 8.38. The van der Waals surface area contributed by atoms with Gasteiger partial charge in [0.05, 0.1) is 0 Å². The van der Waals surface area contributed by atoms with E-state index in [-0.39, 0.29) is 0 Å². The molecule has 2 heteroatoms. The summed E-state index contributed by atoms with van der Waals surface area (Å²) in [5, 5.41) is 0. The molecule has 0 atom stereocenters. The first-order valence-corrected chi connectivity index (χ1v) is 6.53. The number of hydrogen-bond donors (Lipinski definition) is 1. The third kappa shape index (κ3) is 3.99. The van der Waals surface area contributed by atoms with Crippen molar-refractivity contribution in [2.75, 3.05) is 19.6 Å². The van der Waals surface area contributed by atoms with Gasteiger partial charge >= 0.3 is 0 Å². The van der Waals surface area contributed by atoms with Gasteiger partial charge in [0.2, 0.25) is 0 Å². The molecule has 0 aliphatic carbocycles. The van der Waals surface area contributed by atoms with Crippen LogP contribution in [0.1, 0.15) is 24.8 Å². The third-order valence-electron chi connectivity index (χ3n) is 3.26. The second-order valence-corrected chi connectivity index (χ2v) is 4.74. The largest absolute Gasteiger partial charge is 0.330 e. The zero-order valence-electron chi connectivity index (χ0n) is 10.4. The van der Waals surface area contributed by atoms with Crippen LogP contribution in [-0.2, 0) is 6.54 Å². The van der Waals surface area contributed by atoms with Crippen molar-refractivity contribution in [1.82, 2.24) is 4.90 Å². The maximum absolute atomic E-state index is 5.56. The van der Waals surface area contributed by atoms with Gasteiger partial charge in [-0.1, -0.05) is 42.0 Å². The molecular weight excluding hydrogens is 208 g/mol. The predicted molar refractivity (Wildman–Crippen MR) is 72.7 cm³/mol. The molecule has 0 fully saturated rings. The maximum Gasteiger partial charge on any atom is 0.0237 e. The summed E-state index contributed by atoms with van der Waals surface area (Å²) in [5.41, 5.74) is 8.54. The Morgan fingerprint density at radius 2 is 2.00 bits per heavy atom. The molecule has 0 saturated carbocycles. The molecule has 17 heavy (non-hydrogen) atoms. The number of hydrogen-bond acceptors (Lipinski definition) is 2. The molecule has 1 aromatic rings.